The molecule has 1 amide bonds. The first kappa shape index (κ1) is 19.1. The summed E-state index contributed by atoms with van der Waals surface area (Å²) < 4.78 is 7.16. The molecule has 1 unspecified atom stereocenters. The van der Waals surface area contributed by atoms with Crippen molar-refractivity contribution in [2.45, 2.75) is 38.6 Å². The van der Waals surface area contributed by atoms with Gasteiger partial charge in [0.1, 0.15) is 11.3 Å². The van der Waals surface area contributed by atoms with E-state index < -0.39 is 13.0 Å². The lowest BCUT2D eigenvalue weighted by molar-refractivity contribution is 0.100. The molecule has 4 rings (SSSR count). The standard InChI is InChI=1S/C20H22BN5O3/c1-12-8-14-9-15(6-7-18(14)29-21(12)28)24-20-16(19(23)27)11-26(25-20)17-5-3-2-4-13(17)10-22/h6-9,11,13,17,28H,2-5H2,1H3,(H2,23,27)(H,24,25)/t13?,17-/m0/s1. The Labute approximate surface area is 169 Å². The highest BCUT2D eigenvalue weighted by Gasteiger charge is 2.29. The van der Waals surface area contributed by atoms with Gasteiger partial charge >= 0.3 is 7.12 Å². The number of fused-ring (bicyclic) bond motifs is 1. The molecule has 2 aliphatic rings. The van der Waals surface area contributed by atoms with Gasteiger partial charge in [-0.25, -0.2) is 0 Å². The SMILES string of the molecule is CC1=Cc2cc(Nc3nn([C@H]4CCCCC4C#N)cc3C(N)=O)ccc2OB1O. The van der Waals surface area contributed by atoms with Crippen LogP contribution in [0, 0.1) is 17.2 Å². The maximum absolute atomic E-state index is 12.0. The van der Waals surface area contributed by atoms with Crippen LogP contribution in [0.2, 0.25) is 0 Å². The number of primary amides is 1. The minimum Gasteiger partial charge on any atom is -0.532 e. The molecule has 0 radical (unpaired) electrons. The van der Waals surface area contributed by atoms with Gasteiger partial charge in [-0.15, -0.1) is 0 Å². The highest BCUT2D eigenvalue weighted by atomic mass is 16.5. The van der Waals surface area contributed by atoms with Crippen molar-refractivity contribution in [2.24, 2.45) is 11.7 Å². The van der Waals surface area contributed by atoms with E-state index in [4.69, 9.17) is 10.4 Å². The molecule has 2 heterocycles. The quantitative estimate of drug-likeness (QED) is 0.688. The number of benzene rings is 1. The fraction of sp³-hybridized carbons (Fsp3) is 0.350. The van der Waals surface area contributed by atoms with E-state index in [1.165, 1.54) is 0 Å². The van der Waals surface area contributed by atoms with Crippen LogP contribution in [0.4, 0.5) is 11.5 Å². The molecule has 1 fully saturated rings. The van der Waals surface area contributed by atoms with Crippen molar-refractivity contribution in [1.82, 2.24) is 9.78 Å². The van der Waals surface area contributed by atoms with E-state index in [-0.39, 0.29) is 17.5 Å². The van der Waals surface area contributed by atoms with Crippen LogP contribution in [0.25, 0.3) is 6.08 Å². The Morgan fingerprint density at radius 3 is 3.00 bits per heavy atom. The summed E-state index contributed by atoms with van der Waals surface area (Å²) in [5.74, 6) is 0.228. The van der Waals surface area contributed by atoms with Crippen LogP contribution in [-0.2, 0) is 0 Å². The summed E-state index contributed by atoms with van der Waals surface area (Å²) in [5.41, 5.74) is 8.08. The molecule has 8 nitrogen and oxygen atoms in total. The third-order valence-corrected chi connectivity index (χ3v) is 5.52. The molecule has 1 saturated carbocycles. The van der Waals surface area contributed by atoms with Gasteiger partial charge in [0, 0.05) is 17.4 Å². The predicted octanol–water partition coefficient (Wildman–Crippen LogP) is 2.80. The lowest BCUT2D eigenvalue weighted by atomic mass is 9.76. The van der Waals surface area contributed by atoms with Crippen molar-refractivity contribution in [2.75, 3.05) is 5.32 Å². The summed E-state index contributed by atoms with van der Waals surface area (Å²) >= 11 is 0. The van der Waals surface area contributed by atoms with Gasteiger partial charge in [-0.1, -0.05) is 18.9 Å². The second-order valence-electron chi connectivity index (χ2n) is 7.56. The molecule has 29 heavy (non-hydrogen) atoms. The van der Waals surface area contributed by atoms with Gasteiger partial charge in [-0.05, 0) is 43.4 Å². The fourth-order valence-corrected chi connectivity index (χ4v) is 3.93. The number of hydrogen-bond donors (Lipinski definition) is 3. The number of nitrogens with zero attached hydrogens (tertiary/aromatic N) is 3. The molecular formula is C20H22BN5O3. The summed E-state index contributed by atoms with van der Waals surface area (Å²) in [7, 11) is -0.943. The molecular weight excluding hydrogens is 369 g/mol. The third kappa shape index (κ3) is 3.71. The molecule has 0 saturated heterocycles. The smallest absolute Gasteiger partial charge is 0.532 e. The molecule has 1 aromatic heterocycles. The van der Waals surface area contributed by atoms with Crippen molar-refractivity contribution in [3.8, 4) is 11.8 Å². The minimum atomic E-state index is -0.943. The van der Waals surface area contributed by atoms with Crippen molar-refractivity contribution < 1.29 is 14.5 Å². The summed E-state index contributed by atoms with van der Waals surface area (Å²) in [6, 6.07) is 7.68. The second-order valence-corrected chi connectivity index (χ2v) is 7.56. The van der Waals surface area contributed by atoms with E-state index in [2.05, 4.69) is 16.5 Å². The number of nitriles is 1. The Morgan fingerprint density at radius 1 is 1.45 bits per heavy atom. The van der Waals surface area contributed by atoms with Crippen LogP contribution in [0.1, 0.15) is 54.6 Å². The zero-order chi connectivity index (χ0) is 20.5. The summed E-state index contributed by atoms with van der Waals surface area (Å²) in [6.45, 7) is 1.79. The average molecular weight is 391 g/mol. The van der Waals surface area contributed by atoms with Crippen molar-refractivity contribution in [3.05, 3.63) is 41.0 Å². The summed E-state index contributed by atoms with van der Waals surface area (Å²) in [6.07, 6.45) is 7.22. The molecule has 0 spiro atoms. The van der Waals surface area contributed by atoms with Gasteiger partial charge < -0.3 is 20.7 Å². The Kier molecular flexibility index (Phi) is 5.03. The molecule has 1 aliphatic heterocycles. The number of carbonyl (C=O) groups excluding carboxylic acids is 1. The maximum atomic E-state index is 12.0. The Morgan fingerprint density at radius 2 is 2.24 bits per heavy atom. The number of allylic oxidation sites excluding steroid dienone is 1. The first-order valence-electron chi connectivity index (χ1n) is 9.69. The molecule has 0 bridgehead atoms. The minimum absolute atomic E-state index is 0.0635. The van der Waals surface area contributed by atoms with Crippen LogP contribution >= 0.6 is 0 Å². The monoisotopic (exact) mass is 391 g/mol. The van der Waals surface area contributed by atoms with Crippen LogP contribution in [0.3, 0.4) is 0 Å². The van der Waals surface area contributed by atoms with Crippen LogP contribution in [-0.4, -0.2) is 27.8 Å². The van der Waals surface area contributed by atoms with E-state index in [0.29, 0.717) is 22.7 Å². The lowest BCUT2D eigenvalue weighted by Gasteiger charge is -2.26. The summed E-state index contributed by atoms with van der Waals surface area (Å²) in [5, 5.41) is 27.0. The zero-order valence-electron chi connectivity index (χ0n) is 16.1. The first-order chi connectivity index (χ1) is 14.0. The number of rotatable bonds is 4. The van der Waals surface area contributed by atoms with E-state index in [1.54, 1.807) is 29.9 Å². The molecule has 2 atom stereocenters. The number of hydrogen-bond acceptors (Lipinski definition) is 6. The number of aromatic nitrogens is 2. The zero-order valence-corrected chi connectivity index (χ0v) is 16.1. The third-order valence-electron chi connectivity index (χ3n) is 5.52. The number of nitrogens with one attached hydrogen (secondary N) is 1. The molecule has 2 aromatic rings. The van der Waals surface area contributed by atoms with Gasteiger partial charge in [0.25, 0.3) is 5.91 Å². The van der Waals surface area contributed by atoms with Crippen molar-refractivity contribution in [3.63, 3.8) is 0 Å². The molecule has 1 aliphatic carbocycles. The maximum Gasteiger partial charge on any atom is 0.555 e. The Hall–Kier alpha value is -3.25. The van der Waals surface area contributed by atoms with Gasteiger partial charge in [0.05, 0.1) is 18.0 Å². The Balaban J connectivity index is 1.64. The largest absolute Gasteiger partial charge is 0.555 e. The average Bonchev–Trinajstić information content (AvgIpc) is 3.13. The number of anilines is 2. The fourth-order valence-electron chi connectivity index (χ4n) is 3.93. The lowest BCUT2D eigenvalue weighted by Crippen LogP contribution is -2.26. The van der Waals surface area contributed by atoms with Gasteiger partial charge in [0.15, 0.2) is 5.82 Å². The first-order valence-corrected chi connectivity index (χ1v) is 9.69. The topological polar surface area (TPSA) is 126 Å². The van der Waals surface area contributed by atoms with E-state index >= 15 is 0 Å². The molecule has 1 aromatic carbocycles. The van der Waals surface area contributed by atoms with Crippen molar-refractivity contribution >= 4 is 30.6 Å². The normalized spacial score (nSPS) is 20.9. The number of amides is 1. The van der Waals surface area contributed by atoms with Gasteiger partial charge in [-0.2, -0.15) is 10.4 Å². The second kappa shape index (κ2) is 7.64. The van der Waals surface area contributed by atoms with Crippen LogP contribution in [0.5, 0.6) is 5.75 Å². The van der Waals surface area contributed by atoms with Crippen molar-refractivity contribution in [1.29, 1.82) is 5.26 Å². The van der Waals surface area contributed by atoms with Crippen LogP contribution < -0.4 is 15.7 Å². The molecule has 4 N–H and O–H groups in total. The Bertz CT molecular complexity index is 1030. The van der Waals surface area contributed by atoms with E-state index in [0.717, 1.165) is 31.2 Å². The van der Waals surface area contributed by atoms with Crippen LogP contribution in [0.15, 0.2) is 29.9 Å². The number of nitrogens with two attached hydrogens (primary N) is 1. The van der Waals surface area contributed by atoms with Gasteiger partial charge in [0.2, 0.25) is 0 Å². The molecule has 148 valence electrons. The van der Waals surface area contributed by atoms with E-state index in [1.807, 2.05) is 12.1 Å². The van der Waals surface area contributed by atoms with E-state index in [9.17, 15) is 15.1 Å². The highest BCUT2D eigenvalue weighted by molar-refractivity contribution is 6.54. The van der Waals surface area contributed by atoms with Gasteiger partial charge in [-0.3, -0.25) is 9.48 Å². The number of carbonyl (C=O) groups is 1. The molecule has 9 heteroatoms. The predicted molar refractivity (Wildman–Crippen MR) is 109 cm³/mol. The summed E-state index contributed by atoms with van der Waals surface area (Å²) in [4.78, 5) is 12.0. The highest BCUT2D eigenvalue weighted by Crippen LogP contribution is 2.35.